The first-order valence-corrected chi connectivity index (χ1v) is 5.80. The quantitative estimate of drug-likeness (QED) is 0.640. The third kappa shape index (κ3) is 1.40. The lowest BCUT2D eigenvalue weighted by Gasteiger charge is -2.01. The van der Waals surface area contributed by atoms with E-state index in [2.05, 4.69) is 51.8 Å². The molecule has 0 spiro atoms. The monoisotopic (exact) mass is 226 g/mol. The van der Waals surface area contributed by atoms with Crippen LogP contribution >= 0.6 is 0 Å². The highest BCUT2D eigenvalue weighted by Gasteiger charge is 2.12. The fourth-order valence-electron chi connectivity index (χ4n) is 2.27. The number of aryl methyl sites for hydroxylation is 3. The van der Waals surface area contributed by atoms with Crippen LogP contribution in [0.15, 0.2) is 18.2 Å². The van der Waals surface area contributed by atoms with Crippen molar-refractivity contribution in [3.63, 3.8) is 0 Å². The molecule has 2 aromatic heterocycles. The maximum Gasteiger partial charge on any atom is 0.163 e. The maximum atomic E-state index is 4.50. The number of hydrogen-bond donors (Lipinski definition) is 0. The van der Waals surface area contributed by atoms with Crippen molar-refractivity contribution in [3.05, 3.63) is 29.6 Å². The van der Waals surface area contributed by atoms with Crippen LogP contribution in [0, 0.1) is 13.8 Å². The van der Waals surface area contributed by atoms with E-state index >= 15 is 0 Å². The van der Waals surface area contributed by atoms with Gasteiger partial charge in [0.05, 0.1) is 5.52 Å². The summed E-state index contributed by atoms with van der Waals surface area (Å²) in [6.07, 6.45) is 0. The van der Waals surface area contributed by atoms with Crippen molar-refractivity contribution in [2.75, 3.05) is 0 Å². The van der Waals surface area contributed by atoms with E-state index in [4.69, 9.17) is 0 Å². The Hall–Kier alpha value is -1.97. The molecular formula is C13H14N4. The van der Waals surface area contributed by atoms with Crippen molar-refractivity contribution in [1.29, 1.82) is 0 Å². The summed E-state index contributed by atoms with van der Waals surface area (Å²) >= 11 is 0. The zero-order chi connectivity index (χ0) is 12.0. The minimum Gasteiger partial charge on any atom is -0.324 e. The van der Waals surface area contributed by atoms with Crippen molar-refractivity contribution in [2.24, 2.45) is 0 Å². The molecule has 2 heterocycles. The van der Waals surface area contributed by atoms with Gasteiger partial charge in [-0.15, -0.1) is 10.2 Å². The smallest absolute Gasteiger partial charge is 0.163 e. The minimum atomic E-state index is 0.715. The maximum absolute atomic E-state index is 4.50. The molecule has 0 unspecified atom stereocenters. The van der Waals surface area contributed by atoms with Crippen LogP contribution in [-0.4, -0.2) is 19.7 Å². The highest BCUT2D eigenvalue weighted by molar-refractivity contribution is 6.04. The highest BCUT2D eigenvalue weighted by atomic mass is 15.2. The Balaban J connectivity index is 2.56. The van der Waals surface area contributed by atoms with Gasteiger partial charge in [-0.05, 0) is 32.9 Å². The molecule has 4 nitrogen and oxygen atoms in total. The summed E-state index contributed by atoms with van der Waals surface area (Å²) in [5, 5.41) is 9.49. The summed E-state index contributed by atoms with van der Waals surface area (Å²) in [7, 11) is 0. The lowest BCUT2D eigenvalue weighted by molar-refractivity contribution is 0.804. The van der Waals surface area contributed by atoms with Crippen molar-refractivity contribution in [1.82, 2.24) is 19.7 Å². The molecule has 0 fully saturated rings. The number of fused-ring (bicyclic) bond motifs is 3. The lowest BCUT2D eigenvalue weighted by Crippen LogP contribution is -1.98. The number of aromatic nitrogens is 4. The van der Waals surface area contributed by atoms with Crippen LogP contribution in [0.5, 0.6) is 0 Å². The highest BCUT2D eigenvalue weighted by Crippen LogP contribution is 2.26. The summed E-state index contributed by atoms with van der Waals surface area (Å²) in [5.74, 6) is 0.715. The molecule has 4 heteroatoms. The van der Waals surface area contributed by atoms with Crippen LogP contribution in [0.25, 0.3) is 22.1 Å². The predicted octanol–water partition coefficient (Wildman–Crippen LogP) is 2.62. The average molecular weight is 226 g/mol. The molecule has 86 valence electrons. The van der Waals surface area contributed by atoms with Gasteiger partial charge in [-0.3, -0.25) is 0 Å². The van der Waals surface area contributed by atoms with E-state index in [1.54, 1.807) is 0 Å². The molecule has 3 rings (SSSR count). The van der Waals surface area contributed by atoms with Gasteiger partial charge in [-0.1, -0.05) is 11.6 Å². The van der Waals surface area contributed by atoms with Gasteiger partial charge in [0.25, 0.3) is 0 Å². The minimum absolute atomic E-state index is 0.715. The predicted molar refractivity (Wildman–Crippen MR) is 68.0 cm³/mol. The molecule has 3 aromatic rings. The molecule has 1 aromatic carbocycles. The van der Waals surface area contributed by atoms with Gasteiger partial charge in [0.1, 0.15) is 11.3 Å². The van der Waals surface area contributed by atoms with Crippen LogP contribution in [0.3, 0.4) is 0 Å². The largest absolute Gasteiger partial charge is 0.324 e. The van der Waals surface area contributed by atoms with Crippen LogP contribution in [0.1, 0.15) is 18.3 Å². The van der Waals surface area contributed by atoms with Crippen LogP contribution in [0.4, 0.5) is 0 Å². The Morgan fingerprint density at radius 3 is 2.76 bits per heavy atom. The standard InChI is InChI=1S/C13H14N4/c1-4-17-11-6-5-8(2)7-10(11)12-13(17)14-9(3)15-16-12/h5-7H,4H2,1-3H3. The van der Waals surface area contributed by atoms with Gasteiger partial charge in [0.2, 0.25) is 0 Å². The van der Waals surface area contributed by atoms with Gasteiger partial charge in [0, 0.05) is 11.9 Å². The Labute approximate surface area is 99.3 Å². The normalized spacial score (nSPS) is 11.5. The van der Waals surface area contributed by atoms with Crippen molar-refractivity contribution >= 4 is 22.1 Å². The summed E-state index contributed by atoms with van der Waals surface area (Å²) in [6, 6.07) is 6.40. The van der Waals surface area contributed by atoms with Gasteiger partial charge < -0.3 is 4.57 Å². The summed E-state index contributed by atoms with van der Waals surface area (Å²) in [6.45, 7) is 6.97. The molecule has 17 heavy (non-hydrogen) atoms. The Bertz CT molecular complexity index is 712. The molecule has 0 radical (unpaired) electrons. The van der Waals surface area contributed by atoms with E-state index < -0.39 is 0 Å². The van der Waals surface area contributed by atoms with E-state index in [1.807, 2.05) is 6.92 Å². The summed E-state index contributed by atoms with van der Waals surface area (Å²) in [4.78, 5) is 4.50. The van der Waals surface area contributed by atoms with Crippen molar-refractivity contribution < 1.29 is 0 Å². The fourth-order valence-corrected chi connectivity index (χ4v) is 2.27. The van der Waals surface area contributed by atoms with Crippen molar-refractivity contribution in [2.45, 2.75) is 27.3 Å². The van der Waals surface area contributed by atoms with Gasteiger partial charge in [0.15, 0.2) is 5.65 Å². The van der Waals surface area contributed by atoms with E-state index in [9.17, 15) is 0 Å². The molecule has 0 aliphatic carbocycles. The van der Waals surface area contributed by atoms with Crippen LogP contribution in [-0.2, 0) is 6.54 Å². The van der Waals surface area contributed by atoms with E-state index in [0.29, 0.717) is 5.82 Å². The molecule has 0 saturated carbocycles. The Morgan fingerprint density at radius 2 is 2.00 bits per heavy atom. The first-order valence-electron chi connectivity index (χ1n) is 5.80. The van der Waals surface area contributed by atoms with E-state index in [1.165, 1.54) is 11.1 Å². The molecule has 0 aliphatic rings. The summed E-state index contributed by atoms with van der Waals surface area (Å²) < 4.78 is 2.19. The van der Waals surface area contributed by atoms with Gasteiger partial charge >= 0.3 is 0 Å². The second-order valence-electron chi connectivity index (χ2n) is 4.30. The summed E-state index contributed by atoms with van der Waals surface area (Å²) in [5.41, 5.74) is 4.24. The number of hydrogen-bond acceptors (Lipinski definition) is 3. The zero-order valence-electron chi connectivity index (χ0n) is 10.2. The Morgan fingerprint density at radius 1 is 1.18 bits per heavy atom. The third-order valence-corrected chi connectivity index (χ3v) is 3.04. The SMILES string of the molecule is CCn1c2ccc(C)cc2c2nnc(C)nc21. The second-order valence-corrected chi connectivity index (χ2v) is 4.30. The average Bonchev–Trinajstić information content (AvgIpc) is 2.61. The molecule has 0 saturated heterocycles. The molecular weight excluding hydrogens is 212 g/mol. The molecule has 0 bridgehead atoms. The molecule has 0 aliphatic heterocycles. The van der Waals surface area contributed by atoms with Crippen LogP contribution < -0.4 is 0 Å². The number of benzene rings is 1. The van der Waals surface area contributed by atoms with E-state index in [0.717, 1.165) is 23.1 Å². The number of rotatable bonds is 1. The number of nitrogens with zero attached hydrogens (tertiary/aromatic N) is 4. The zero-order valence-corrected chi connectivity index (χ0v) is 10.2. The molecule has 0 amide bonds. The van der Waals surface area contributed by atoms with E-state index in [-0.39, 0.29) is 0 Å². The van der Waals surface area contributed by atoms with Crippen LogP contribution in [0.2, 0.25) is 0 Å². The van der Waals surface area contributed by atoms with Crippen molar-refractivity contribution in [3.8, 4) is 0 Å². The fraction of sp³-hybridized carbons (Fsp3) is 0.308. The van der Waals surface area contributed by atoms with Gasteiger partial charge in [-0.25, -0.2) is 4.98 Å². The first-order chi connectivity index (χ1) is 8.20. The third-order valence-electron chi connectivity index (χ3n) is 3.04. The molecule has 0 N–H and O–H groups in total. The first kappa shape index (κ1) is 10.2. The topological polar surface area (TPSA) is 43.6 Å². The second kappa shape index (κ2) is 3.52. The lowest BCUT2D eigenvalue weighted by atomic mass is 10.2. The Kier molecular flexibility index (Phi) is 2.11. The van der Waals surface area contributed by atoms with Gasteiger partial charge in [-0.2, -0.15) is 0 Å². The molecule has 0 atom stereocenters.